The van der Waals surface area contributed by atoms with Crippen LogP contribution in [0.15, 0.2) is 36.4 Å². The van der Waals surface area contributed by atoms with E-state index in [2.05, 4.69) is 5.32 Å². The van der Waals surface area contributed by atoms with Gasteiger partial charge in [0.15, 0.2) is 0 Å². The fourth-order valence-electron chi connectivity index (χ4n) is 6.38. The number of hydrogen-bond acceptors (Lipinski definition) is 7. The average molecular weight is 466 g/mol. The summed E-state index contributed by atoms with van der Waals surface area (Å²) in [6.07, 6.45) is 1.35. The highest BCUT2D eigenvalue weighted by Gasteiger charge is 2.74. The molecule has 0 aliphatic carbocycles. The molecule has 2 aromatic carbocycles. The number of nitro groups is 1. The van der Waals surface area contributed by atoms with Crippen molar-refractivity contribution in [3.05, 3.63) is 57.9 Å². The number of rotatable bonds is 3. The van der Waals surface area contributed by atoms with Crippen molar-refractivity contribution >= 4 is 34.8 Å². The number of methoxy groups -OCH3 is 1. The Morgan fingerprint density at radius 1 is 1.18 bits per heavy atom. The average Bonchev–Trinajstić information content (AvgIpc) is 3.52. The predicted octanol–water partition coefficient (Wildman–Crippen LogP) is 2.17. The first-order valence-electron chi connectivity index (χ1n) is 10.9. The maximum atomic E-state index is 14.3. The maximum Gasteiger partial charge on any atom is 0.273 e. The number of imide groups is 1. The van der Waals surface area contributed by atoms with Crippen LogP contribution in [-0.2, 0) is 19.9 Å². The fourth-order valence-corrected chi connectivity index (χ4v) is 6.38. The van der Waals surface area contributed by atoms with Crippen molar-refractivity contribution in [3.63, 3.8) is 0 Å². The molecule has 3 fully saturated rings. The number of halogens is 1. The minimum absolute atomic E-state index is 0.00415. The first-order chi connectivity index (χ1) is 16.3. The molecule has 0 unspecified atom stereocenters. The highest BCUT2D eigenvalue weighted by Crippen LogP contribution is 2.61. The fraction of sp³-hybridized carbons (Fsp3) is 0.348. The minimum atomic E-state index is -1.50. The number of carbonyl (C=O) groups excluding carboxylic acids is 3. The van der Waals surface area contributed by atoms with Crippen molar-refractivity contribution < 1.29 is 28.4 Å². The highest BCUT2D eigenvalue weighted by molar-refractivity contribution is 6.26. The van der Waals surface area contributed by atoms with Crippen LogP contribution in [0.25, 0.3) is 0 Å². The van der Waals surface area contributed by atoms with Crippen LogP contribution in [0, 0.1) is 27.8 Å². The van der Waals surface area contributed by atoms with E-state index in [4.69, 9.17) is 4.74 Å². The molecule has 3 saturated heterocycles. The number of hydrogen-bond donors (Lipinski definition) is 1. The Bertz CT molecular complexity index is 1310. The predicted molar refractivity (Wildman–Crippen MR) is 116 cm³/mol. The van der Waals surface area contributed by atoms with E-state index in [0.717, 1.165) is 17.4 Å². The Morgan fingerprint density at radius 2 is 1.97 bits per heavy atom. The second-order valence-electron chi connectivity index (χ2n) is 8.94. The van der Waals surface area contributed by atoms with Gasteiger partial charge in [0, 0.05) is 23.4 Å². The van der Waals surface area contributed by atoms with Gasteiger partial charge in [0.25, 0.3) is 5.69 Å². The van der Waals surface area contributed by atoms with Crippen LogP contribution in [-0.4, -0.2) is 47.2 Å². The summed E-state index contributed by atoms with van der Waals surface area (Å²) in [6.45, 7) is 0.502. The number of carbonyl (C=O) groups is 3. The van der Waals surface area contributed by atoms with Crippen LogP contribution in [0.3, 0.4) is 0 Å². The molecule has 4 aliphatic rings. The van der Waals surface area contributed by atoms with E-state index < -0.39 is 45.8 Å². The van der Waals surface area contributed by atoms with Gasteiger partial charge in [-0.25, -0.2) is 9.29 Å². The normalized spacial score (nSPS) is 29.4. The van der Waals surface area contributed by atoms with Gasteiger partial charge in [-0.05, 0) is 43.7 Å². The third-order valence-corrected chi connectivity index (χ3v) is 7.57. The van der Waals surface area contributed by atoms with Crippen molar-refractivity contribution in [2.75, 3.05) is 23.9 Å². The van der Waals surface area contributed by atoms with E-state index in [-0.39, 0.29) is 23.2 Å². The lowest BCUT2D eigenvalue weighted by Crippen LogP contribution is -2.54. The third-order valence-electron chi connectivity index (χ3n) is 7.57. The Hall–Kier alpha value is -3.86. The summed E-state index contributed by atoms with van der Waals surface area (Å²) >= 11 is 0. The summed E-state index contributed by atoms with van der Waals surface area (Å²) in [7, 11) is 1.29. The molecule has 11 heteroatoms. The molecule has 1 N–H and O–H groups in total. The molecule has 10 nitrogen and oxygen atoms in total. The Labute approximate surface area is 192 Å². The molecule has 0 aromatic heterocycles. The van der Waals surface area contributed by atoms with Gasteiger partial charge in [-0.3, -0.25) is 29.4 Å². The quantitative estimate of drug-likeness (QED) is 0.418. The van der Waals surface area contributed by atoms with E-state index in [1.54, 1.807) is 0 Å². The summed E-state index contributed by atoms with van der Waals surface area (Å²) in [4.78, 5) is 54.7. The zero-order chi connectivity index (χ0) is 23.9. The third kappa shape index (κ3) is 2.34. The Morgan fingerprint density at radius 3 is 2.71 bits per heavy atom. The zero-order valence-electron chi connectivity index (χ0n) is 18.0. The molecular formula is C23H19FN4O6. The van der Waals surface area contributed by atoms with Crippen molar-refractivity contribution in [2.24, 2.45) is 11.8 Å². The van der Waals surface area contributed by atoms with Crippen LogP contribution < -0.4 is 15.0 Å². The monoisotopic (exact) mass is 466 g/mol. The van der Waals surface area contributed by atoms with E-state index in [1.165, 1.54) is 37.4 Å². The number of benzene rings is 2. The van der Waals surface area contributed by atoms with Gasteiger partial charge < -0.3 is 10.1 Å². The highest BCUT2D eigenvalue weighted by atomic mass is 19.1. The zero-order valence-corrected chi connectivity index (χ0v) is 18.0. The standard InChI is InChI=1S/C23H19FN4O6/c1-34-17-10-12(28(32)33)5-7-15(17)27-20(29)18-16-3-2-8-26(16)23(19(18)21(27)30)13-9-11(24)4-6-14(13)25-22(23)31/h4-7,9-10,16,18-19H,2-3,8H2,1H3,(H,25,31)/t16-,18+,19+,23-/m0/s1. The van der Waals surface area contributed by atoms with Crippen LogP contribution in [0.2, 0.25) is 0 Å². The van der Waals surface area contributed by atoms with Gasteiger partial charge in [0.2, 0.25) is 17.7 Å². The van der Waals surface area contributed by atoms with E-state index in [1.807, 2.05) is 4.90 Å². The van der Waals surface area contributed by atoms with Gasteiger partial charge in [0.1, 0.15) is 17.1 Å². The van der Waals surface area contributed by atoms with Crippen LogP contribution >= 0.6 is 0 Å². The first kappa shape index (κ1) is 20.7. The summed E-state index contributed by atoms with van der Waals surface area (Å²) in [6, 6.07) is 7.24. The van der Waals surface area contributed by atoms with E-state index in [0.29, 0.717) is 24.2 Å². The minimum Gasteiger partial charge on any atom is -0.494 e. The molecule has 6 rings (SSSR count). The van der Waals surface area contributed by atoms with Crippen LogP contribution in [0.5, 0.6) is 5.75 Å². The smallest absolute Gasteiger partial charge is 0.273 e. The molecule has 2 aromatic rings. The number of nitrogens with one attached hydrogen (secondary N) is 1. The summed E-state index contributed by atoms with van der Waals surface area (Å²) in [5.74, 6) is -3.97. The Balaban J connectivity index is 1.53. The molecule has 174 valence electrons. The molecule has 4 aliphatic heterocycles. The topological polar surface area (TPSA) is 122 Å². The molecule has 1 spiro atoms. The molecule has 0 saturated carbocycles. The number of amides is 3. The lowest BCUT2D eigenvalue weighted by molar-refractivity contribution is -0.384. The lowest BCUT2D eigenvalue weighted by Gasteiger charge is -2.36. The van der Waals surface area contributed by atoms with Crippen molar-refractivity contribution in [1.29, 1.82) is 0 Å². The van der Waals surface area contributed by atoms with Gasteiger partial charge in [-0.1, -0.05) is 0 Å². The van der Waals surface area contributed by atoms with Crippen LogP contribution in [0.4, 0.5) is 21.5 Å². The van der Waals surface area contributed by atoms with Crippen molar-refractivity contribution in [1.82, 2.24) is 4.90 Å². The van der Waals surface area contributed by atoms with Gasteiger partial charge in [-0.15, -0.1) is 0 Å². The van der Waals surface area contributed by atoms with Crippen LogP contribution in [0.1, 0.15) is 18.4 Å². The van der Waals surface area contributed by atoms with Crippen molar-refractivity contribution in [2.45, 2.75) is 24.4 Å². The molecule has 4 heterocycles. The SMILES string of the molecule is COc1cc([N+](=O)[O-])ccc1N1C(=O)[C@@H]2[C@@H]3CCCN3[C@]3(C(=O)Nc4ccc(F)cc43)[C@H]2C1=O. The number of nitrogens with zero attached hydrogens (tertiary/aromatic N) is 3. The van der Waals surface area contributed by atoms with Gasteiger partial charge in [0.05, 0.1) is 35.6 Å². The number of fused-ring (bicyclic) bond motifs is 7. The second kappa shape index (κ2) is 6.83. The first-order valence-corrected chi connectivity index (χ1v) is 10.9. The second-order valence-corrected chi connectivity index (χ2v) is 8.94. The maximum absolute atomic E-state index is 14.3. The summed E-state index contributed by atoms with van der Waals surface area (Å²) in [5, 5.41) is 14.0. The van der Waals surface area contributed by atoms with Gasteiger partial charge in [-0.2, -0.15) is 0 Å². The largest absolute Gasteiger partial charge is 0.494 e. The number of ether oxygens (including phenoxy) is 1. The number of nitro benzene ring substituents is 1. The van der Waals surface area contributed by atoms with E-state index in [9.17, 15) is 28.9 Å². The molecule has 0 radical (unpaired) electrons. The van der Waals surface area contributed by atoms with Gasteiger partial charge >= 0.3 is 0 Å². The molecule has 0 bridgehead atoms. The lowest BCUT2D eigenvalue weighted by atomic mass is 9.75. The van der Waals surface area contributed by atoms with E-state index >= 15 is 0 Å². The molecular weight excluding hydrogens is 447 g/mol. The summed E-state index contributed by atoms with van der Waals surface area (Å²) in [5.41, 5.74) is -0.897. The Kier molecular flexibility index (Phi) is 4.16. The molecule has 34 heavy (non-hydrogen) atoms. The molecule has 3 amide bonds. The van der Waals surface area contributed by atoms with Crippen molar-refractivity contribution in [3.8, 4) is 5.75 Å². The molecule has 4 atom stereocenters. The summed E-state index contributed by atoms with van der Waals surface area (Å²) < 4.78 is 19.6. The number of non-ortho nitro benzene ring substituents is 1. The number of anilines is 2.